The minimum Gasteiger partial charge on any atom is -0.331 e. The Balaban J connectivity index is 1.01. The first-order valence-electron chi connectivity index (χ1n) is 28.6. The molecule has 0 saturated carbocycles. The maximum Gasteiger partial charge on any atom is 0.254 e. The Morgan fingerprint density at radius 1 is 0.434 bits per heavy atom. The van der Waals surface area contributed by atoms with Gasteiger partial charge in [0.15, 0.2) is 0 Å². The predicted molar refractivity (Wildman–Crippen MR) is 301 cm³/mol. The van der Waals surface area contributed by atoms with Crippen LogP contribution in [-0.2, 0) is 10.8 Å². The number of nitrogens with zero attached hydrogens (tertiary/aromatic N) is 4. The van der Waals surface area contributed by atoms with Crippen LogP contribution < -0.4 is 5.22 Å². The maximum atomic E-state index is 16.4. The van der Waals surface area contributed by atoms with Crippen molar-refractivity contribution >= 4 is 217 Å². The molecule has 19 aromatic carbocycles. The zero-order chi connectivity index (χ0) is 46.2. The summed E-state index contributed by atoms with van der Waals surface area (Å²) >= 11 is 0. The van der Waals surface area contributed by atoms with E-state index in [9.17, 15) is 5.53 Å². The van der Waals surface area contributed by atoms with E-state index in [1.807, 2.05) is 24.3 Å². The van der Waals surface area contributed by atoms with Crippen LogP contribution in [0.15, 0.2) is 35.0 Å². The number of hydrogen-bond acceptors (Lipinski definition) is 2. The van der Waals surface area contributed by atoms with Crippen LogP contribution in [0.1, 0.15) is 121 Å². The minimum atomic E-state index is -0.453. The van der Waals surface area contributed by atoms with E-state index in [0.29, 0.717) is 34.9 Å². The van der Waals surface area contributed by atoms with Gasteiger partial charge >= 0.3 is 0 Å². The molecule has 0 N–H and O–H groups in total. The summed E-state index contributed by atoms with van der Waals surface area (Å²) in [4.78, 5) is 22.1. The molecule has 2 spiro atoms. The van der Waals surface area contributed by atoms with Crippen LogP contribution >= 0.6 is 0 Å². The molecular formula is C71H18N4O. The summed E-state index contributed by atoms with van der Waals surface area (Å²) < 4.78 is 0. The molecule has 1 aliphatic heterocycles. The highest BCUT2D eigenvalue weighted by Crippen LogP contribution is 2.92. The molecule has 1 amide bonds. The summed E-state index contributed by atoms with van der Waals surface area (Å²) in [5.74, 6) is 1.91. The second-order valence-electron chi connectivity index (χ2n) is 28.3. The number of benzene rings is 13. The Morgan fingerprint density at radius 2 is 0.882 bits per heavy atom. The van der Waals surface area contributed by atoms with Crippen molar-refractivity contribution < 1.29 is 4.79 Å². The van der Waals surface area contributed by atoms with Gasteiger partial charge in [0.05, 0.1) is 5.41 Å². The molecule has 8 unspecified atom stereocenters. The molecular weight excluding hydrogens is 925 g/mol. The van der Waals surface area contributed by atoms with E-state index in [4.69, 9.17) is 0 Å². The van der Waals surface area contributed by atoms with Crippen LogP contribution in [0.4, 0.5) is 5.69 Å². The number of amides is 1. The van der Waals surface area contributed by atoms with Gasteiger partial charge in [-0.3, -0.25) is 4.79 Å². The first-order chi connectivity index (χ1) is 37.6. The second kappa shape index (κ2) is 6.96. The first kappa shape index (κ1) is 30.0. The maximum absolute atomic E-state index is 16.4. The van der Waals surface area contributed by atoms with E-state index in [-0.39, 0.29) is 29.8 Å². The molecule has 1 heterocycles. The first-order valence-corrected chi connectivity index (χ1v) is 28.6. The Kier molecular flexibility index (Phi) is 2.74. The normalized spacial score (nSPS) is 31.8. The number of carbonyl (C=O) groups is 1. The topological polar surface area (TPSA) is 69.1 Å². The lowest BCUT2D eigenvalue weighted by Crippen LogP contribution is -2.60. The van der Waals surface area contributed by atoms with Gasteiger partial charge in [-0.15, -0.1) is 0 Å². The number of carbonyl (C=O) groups excluding carboxylic acids is 1. The molecule has 10 atom stereocenters. The lowest BCUT2D eigenvalue weighted by atomic mass is 9.41. The fourth-order valence-corrected chi connectivity index (χ4v) is 28.8. The highest BCUT2D eigenvalue weighted by molar-refractivity contribution is 6.73. The molecule has 328 valence electrons. The fraction of sp³-hybridized carbons (Fsp3) is 0.169. The van der Waals surface area contributed by atoms with E-state index in [1.165, 1.54) is 0 Å². The fourth-order valence-electron chi connectivity index (χ4n) is 28.8. The predicted octanol–water partition coefficient (Wildman–Crippen LogP) is 16.1. The van der Waals surface area contributed by atoms with E-state index >= 15 is 4.79 Å². The summed E-state index contributed by atoms with van der Waals surface area (Å²) in [6.07, 6.45) is 0. The average Bonchev–Trinajstić information content (AvgIpc) is 1.81. The summed E-state index contributed by atoms with van der Waals surface area (Å²) in [7, 11) is 0. The van der Waals surface area contributed by atoms with Crippen molar-refractivity contribution in [3.05, 3.63) is 118 Å². The van der Waals surface area contributed by atoms with Crippen molar-refractivity contribution in [3.63, 3.8) is 0 Å². The standard InChI is InChI=1S/C71H18N4O/c1-7-70-65-57-49-39-29-21-13-11-12-15-19-17(13)25-33-27(19)37-31-23(15)24-16(12)20-18-14(11)22(21)30-36-26(18)34-28(20)38-32(24)42-41(31)51-45(37)55-47(33)53(43(49)35(25)29)61(65)63(55)67-59(51)60-52(42)46(38)56-48(34)54-44(36)50(40(30)39)58(57)66(70)62(54)64(56)68(60)71(67,70)8(2)75(7)69(76)9-3-5-10(6-4-9)73-74-72/h3-8,21,29,45,55,57,65H,1-2H3/t7-,8-,21?,29?,45?,55?,57?,65?,70?,71?/m0/s1. The zero-order valence-electron chi connectivity index (χ0n) is 39.6. The molecule has 0 radical (unpaired) electrons. The van der Waals surface area contributed by atoms with Crippen LogP contribution in [0.2, 0.25) is 0 Å². The molecule has 14 aliphatic carbocycles. The number of hydrogen-bond donors (Lipinski definition) is 0. The van der Waals surface area contributed by atoms with Crippen molar-refractivity contribution in [2.75, 3.05) is 0 Å². The van der Waals surface area contributed by atoms with Gasteiger partial charge in [0.2, 0.25) is 0 Å². The molecule has 1 fully saturated rings. The van der Waals surface area contributed by atoms with Gasteiger partial charge in [0.1, 0.15) is 0 Å². The summed E-state index contributed by atoms with van der Waals surface area (Å²) in [5, 5.41) is 62.0. The summed E-state index contributed by atoms with van der Waals surface area (Å²) in [6, 6.07) is 7.41. The smallest absolute Gasteiger partial charge is 0.254 e. The van der Waals surface area contributed by atoms with E-state index in [1.54, 1.807) is 283 Å². The van der Waals surface area contributed by atoms with E-state index in [2.05, 4.69) is 28.8 Å². The van der Waals surface area contributed by atoms with Gasteiger partial charge in [-0.05, 0) is 314 Å². The monoisotopic (exact) mass is 942 g/mol. The molecule has 19 aromatic rings. The third-order valence-electron chi connectivity index (χ3n) is 28.6. The van der Waals surface area contributed by atoms with Crippen LogP contribution in [0, 0.1) is 5.92 Å². The molecule has 5 nitrogen and oxygen atoms in total. The molecule has 0 bridgehead atoms. The molecule has 15 aliphatic rings. The van der Waals surface area contributed by atoms with Crippen molar-refractivity contribution in [1.82, 2.24) is 4.90 Å². The van der Waals surface area contributed by atoms with Gasteiger partial charge in [0.25, 0.3) is 5.91 Å². The second-order valence-corrected chi connectivity index (χ2v) is 28.3. The van der Waals surface area contributed by atoms with Crippen LogP contribution in [0.5, 0.6) is 0 Å². The van der Waals surface area contributed by atoms with Crippen molar-refractivity contribution in [2.24, 2.45) is 11.0 Å². The van der Waals surface area contributed by atoms with Crippen LogP contribution in [0.25, 0.3) is 216 Å². The molecule has 76 heavy (non-hydrogen) atoms. The summed E-state index contributed by atoms with van der Waals surface area (Å²) in [6.45, 7) is 5.14. The van der Waals surface area contributed by atoms with Gasteiger partial charge in [-0.2, -0.15) is 0 Å². The lowest BCUT2D eigenvalue weighted by Gasteiger charge is -2.58. The van der Waals surface area contributed by atoms with Gasteiger partial charge in [-0.1, -0.05) is 17.2 Å². The van der Waals surface area contributed by atoms with Gasteiger partial charge in [0, 0.05) is 69.2 Å². The Labute approximate surface area is 419 Å². The van der Waals surface area contributed by atoms with E-state index in [0.717, 1.165) is 0 Å². The number of likely N-dealkylation sites (tertiary alicyclic amines) is 1. The quantitative estimate of drug-likeness (QED) is 0.0737. The number of allylic oxidation sites excluding steroid dienone is 4. The Bertz CT molecular complexity index is 7140. The van der Waals surface area contributed by atoms with Crippen molar-refractivity contribution in [2.45, 2.75) is 66.4 Å². The minimum absolute atomic E-state index is 0.0922. The highest BCUT2D eigenvalue weighted by Gasteiger charge is 2.85. The van der Waals surface area contributed by atoms with Crippen molar-refractivity contribution in [3.8, 4) is 0 Å². The average molecular weight is 943 g/mol. The Morgan fingerprint density at radius 3 is 1.50 bits per heavy atom. The van der Waals surface area contributed by atoms with Crippen molar-refractivity contribution in [1.29, 1.82) is 0 Å². The molecule has 34 rings (SSSR count). The van der Waals surface area contributed by atoms with Gasteiger partial charge in [-0.25, -0.2) is 0 Å². The van der Waals surface area contributed by atoms with Crippen LogP contribution in [-0.4, -0.2) is 22.9 Å². The summed E-state index contributed by atoms with van der Waals surface area (Å²) in [5.41, 5.74) is 39.3. The Hall–Kier alpha value is -8.76. The number of azide groups is 1. The van der Waals surface area contributed by atoms with E-state index < -0.39 is 10.8 Å². The van der Waals surface area contributed by atoms with Crippen LogP contribution in [0.3, 0.4) is 0 Å². The third-order valence-corrected chi connectivity index (χ3v) is 28.6. The molecule has 1 saturated heterocycles. The number of rotatable bonds is 2. The molecule has 0 aromatic heterocycles. The molecule has 5 heteroatoms. The largest absolute Gasteiger partial charge is 0.331 e. The highest BCUT2D eigenvalue weighted by atomic mass is 16.2. The lowest BCUT2D eigenvalue weighted by molar-refractivity contribution is 0.0660. The third kappa shape index (κ3) is 1.64. The SMILES string of the molecule is C[C@@H]1N(C(=O)c2ccc(N=[N+]=[N-])cc2)[C@@H](C)C23c4c5c6c7c8c9c%10c%11c%12c%13c%14c%15c%16c%17c%18c%14c%14c%19c%20c%21c%22c%23c%24c(c%25c4c4c6c8c6c%10c8c%10c%11c(c%14%13)c%20c%10c%10c%21c%24c%11c%25c4c6c8c%11%10)C12C=%23C(=C%17C3C5C%16=C7C%15C%129)C%18C%19%22. The van der Waals surface area contributed by atoms with Gasteiger partial charge < -0.3 is 4.90 Å². The zero-order valence-corrected chi connectivity index (χ0v) is 39.6.